The first kappa shape index (κ1) is 24.6. The number of anilines is 2. The zero-order chi connectivity index (χ0) is 25.0. The number of benzene rings is 4. The number of fused-ring (bicyclic) bond motifs is 1. The highest BCUT2D eigenvalue weighted by Crippen LogP contribution is 2.27. The second-order valence-corrected chi connectivity index (χ2v) is 10.2. The van der Waals surface area contributed by atoms with Crippen LogP contribution in [0.15, 0.2) is 89.8 Å². The van der Waals surface area contributed by atoms with Gasteiger partial charge < -0.3 is 10.1 Å². The molecule has 1 atom stereocenters. The van der Waals surface area contributed by atoms with Gasteiger partial charge in [-0.2, -0.15) is 0 Å². The lowest BCUT2D eigenvalue weighted by molar-refractivity contribution is -0.122. The number of aryl methyl sites for hydroxylation is 1. The number of rotatable bonds is 8. The Labute approximate surface area is 209 Å². The van der Waals surface area contributed by atoms with Crippen molar-refractivity contribution >= 4 is 49.7 Å². The van der Waals surface area contributed by atoms with Gasteiger partial charge in [0.2, 0.25) is 0 Å². The predicted octanol–water partition coefficient (Wildman–Crippen LogP) is 6.40. The van der Waals surface area contributed by atoms with Crippen molar-refractivity contribution in [2.45, 2.75) is 31.3 Å². The summed E-state index contributed by atoms with van der Waals surface area (Å²) in [5.41, 5.74) is 1.69. The van der Waals surface area contributed by atoms with E-state index in [2.05, 4.69) is 10.0 Å². The Morgan fingerprint density at radius 3 is 2.34 bits per heavy atom. The Kier molecular flexibility index (Phi) is 7.28. The van der Waals surface area contributed by atoms with Gasteiger partial charge in [-0.15, -0.1) is 0 Å². The Hall–Kier alpha value is -3.55. The van der Waals surface area contributed by atoms with E-state index in [1.165, 1.54) is 12.1 Å². The van der Waals surface area contributed by atoms with Crippen molar-refractivity contribution in [2.75, 3.05) is 10.0 Å². The number of nitrogens with one attached hydrogen (secondary N) is 2. The molecule has 0 radical (unpaired) electrons. The third kappa shape index (κ3) is 5.75. The van der Waals surface area contributed by atoms with Crippen molar-refractivity contribution in [1.82, 2.24) is 0 Å². The van der Waals surface area contributed by atoms with Crippen LogP contribution in [0.3, 0.4) is 0 Å². The number of ether oxygens (including phenoxy) is 1. The van der Waals surface area contributed by atoms with E-state index in [4.69, 9.17) is 16.3 Å². The molecule has 8 heteroatoms. The summed E-state index contributed by atoms with van der Waals surface area (Å²) in [6.07, 6.45) is -0.248. The van der Waals surface area contributed by atoms with Gasteiger partial charge in [-0.1, -0.05) is 61.0 Å². The topological polar surface area (TPSA) is 84.5 Å². The van der Waals surface area contributed by atoms with E-state index < -0.39 is 16.1 Å². The van der Waals surface area contributed by atoms with Crippen LogP contribution in [0.5, 0.6) is 5.75 Å². The molecule has 4 aromatic rings. The molecule has 1 amide bonds. The van der Waals surface area contributed by atoms with E-state index >= 15 is 0 Å². The third-order valence-corrected chi connectivity index (χ3v) is 7.34. The number of halogens is 1. The van der Waals surface area contributed by atoms with Crippen LogP contribution in [0.2, 0.25) is 5.02 Å². The standard InChI is InChI=1S/C27H25ClN2O4S/c1-3-25(34-26-10-6-8-19-7-4-5-9-23(19)26)27(31)29-20-13-15-22(16-14-20)35(32,33)30-21-12-11-18(2)24(28)17-21/h4-17,25,30H,3H2,1-2H3,(H,29,31). The molecule has 0 aromatic heterocycles. The molecule has 0 spiro atoms. The molecule has 0 aliphatic carbocycles. The molecule has 0 fully saturated rings. The van der Waals surface area contributed by atoms with Gasteiger partial charge in [0.1, 0.15) is 5.75 Å². The molecule has 0 heterocycles. The molecular formula is C27H25ClN2O4S. The number of hydrogen-bond donors (Lipinski definition) is 2. The van der Waals surface area contributed by atoms with Gasteiger partial charge >= 0.3 is 0 Å². The van der Waals surface area contributed by atoms with E-state index in [0.717, 1.165) is 16.3 Å². The van der Waals surface area contributed by atoms with Crippen LogP contribution in [-0.4, -0.2) is 20.4 Å². The van der Waals surface area contributed by atoms with Crippen LogP contribution >= 0.6 is 11.6 Å². The first-order valence-electron chi connectivity index (χ1n) is 11.1. The first-order valence-corrected chi connectivity index (χ1v) is 13.0. The van der Waals surface area contributed by atoms with Crippen LogP contribution in [0.1, 0.15) is 18.9 Å². The Balaban J connectivity index is 1.45. The molecule has 4 aromatic carbocycles. The Morgan fingerprint density at radius 1 is 0.943 bits per heavy atom. The number of carbonyl (C=O) groups is 1. The minimum Gasteiger partial charge on any atom is -0.480 e. The van der Waals surface area contributed by atoms with E-state index in [1.54, 1.807) is 30.3 Å². The normalized spacial score (nSPS) is 12.2. The predicted molar refractivity (Wildman–Crippen MR) is 141 cm³/mol. The van der Waals surface area contributed by atoms with Crippen molar-refractivity contribution in [3.63, 3.8) is 0 Å². The largest absolute Gasteiger partial charge is 0.480 e. The first-order chi connectivity index (χ1) is 16.8. The highest BCUT2D eigenvalue weighted by molar-refractivity contribution is 7.92. The van der Waals surface area contributed by atoms with Gasteiger partial charge in [-0.3, -0.25) is 9.52 Å². The van der Waals surface area contributed by atoms with Crippen LogP contribution in [-0.2, 0) is 14.8 Å². The monoisotopic (exact) mass is 508 g/mol. The smallest absolute Gasteiger partial charge is 0.265 e. The van der Waals surface area contributed by atoms with Crippen molar-refractivity contribution < 1.29 is 17.9 Å². The average molecular weight is 509 g/mol. The fourth-order valence-corrected chi connectivity index (χ4v) is 4.81. The summed E-state index contributed by atoms with van der Waals surface area (Å²) in [5, 5.41) is 5.23. The van der Waals surface area contributed by atoms with Crippen molar-refractivity contribution in [2.24, 2.45) is 0 Å². The van der Waals surface area contributed by atoms with E-state index in [1.807, 2.05) is 56.3 Å². The molecule has 0 saturated heterocycles. The van der Waals surface area contributed by atoms with Crippen LogP contribution in [0, 0.1) is 6.92 Å². The lowest BCUT2D eigenvalue weighted by atomic mass is 10.1. The number of carbonyl (C=O) groups excluding carboxylic acids is 1. The molecule has 0 aliphatic rings. The number of amides is 1. The van der Waals surface area contributed by atoms with Crippen molar-refractivity contribution in [1.29, 1.82) is 0 Å². The molecule has 6 nitrogen and oxygen atoms in total. The molecule has 0 aliphatic heterocycles. The van der Waals surface area contributed by atoms with Gasteiger partial charge in [0.15, 0.2) is 6.10 Å². The maximum atomic E-state index is 12.9. The fraction of sp³-hybridized carbons (Fsp3) is 0.148. The van der Waals surface area contributed by atoms with E-state index in [9.17, 15) is 13.2 Å². The summed E-state index contributed by atoms with van der Waals surface area (Å²) in [5.74, 6) is 0.317. The second kappa shape index (κ2) is 10.4. The summed E-state index contributed by atoms with van der Waals surface area (Å²) in [6, 6.07) is 24.4. The lowest BCUT2D eigenvalue weighted by Crippen LogP contribution is -2.32. The molecular weight excluding hydrogens is 484 g/mol. The maximum Gasteiger partial charge on any atom is 0.265 e. The minimum atomic E-state index is -3.82. The van der Waals surface area contributed by atoms with E-state index in [-0.39, 0.29) is 10.8 Å². The van der Waals surface area contributed by atoms with Crippen LogP contribution in [0.25, 0.3) is 10.8 Å². The summed E-state index contributed by atoms with van der Waals surface area (Å²) < 4.78 is 34.0. The summed E-state index contributed by atoms with van der Waals surface area (Å²) in [7, 11) is -3.82. The minimum absolute atomic E-state index is 0.0613. The second-order valence-electron chi connectivity index (χ2n) is 8.08. The molecule has 0 saturated carbocycles. The van der Waals surface area contributed by atoms with Gasteiger partial charge in [0.25, 0.3) is 15.9 Å². The van der Waals surface area contributed by atoms with Crippen molar-refractivity contribution in [3.05, 3.63) is 95.5 Å². The lowest BCUT2D eigenvalue weighted by Gasteiger charge is -2.18. The van der Waals surface area contributed by atoms with Crippen LogP contribution < -0.4 is 14.8 Å². The molecule has 35 heavy (non-hydrogen) atoms. The zero-order valence-electron chi connectivity index (χ0n) is 19.3. The summed E-state index contributed by atoms with van der Waals surface area (Å²) in [6.45, 7) is 3.71. The van der Waals surface area contributed by atoms with Gasteiger partial charge in [0.05, 0.1) is 10.6 Å². The number of sulfonamides is 1. The van der Waals surface area contributed by atoms with Gasteiger partial charge in [-0.25, -0.2) is 8.42 Å². The van der Waals surface area contributed by atoms with Gasteiger partial charge in [-0.05, 0) is 66.8 Å². The number of hydrogen-bond acceptors (Lipinski definition) is 4. The van der Waals surface area contributed by atoms with E-state index in [0.29, 0.717) is 28.6 Å². The Bertz CT molecular complexity index is 1470. The van der Waals surface area contributed by atoms with Gasteiger partial charge in [0, 0.05) is 16.1 Å². The molecule has 0 bridgehead atoms. The molecule has 2 N–H and O–H groups in total. The SMILES string of the molecule is CCC(Oc1cccc2ccccc12)C(=O)Nc1ccc(S(=O)(=O)Nc2ccc(C)c(Cl)c2)cc1. The van der Waals surface area contributed by atoms with Crippen molar-refractivity contribution in [3.8, 4) is 5.75 Å². The summed E-state index contributed by atoms with van der Waals surface area (Å²) >= 11 is 6.09. The third-order valence-electron chi connectivity index (χ3n) is 5.54. The molecule has 4 rings (SSSR count). The zero-order valence-corrected chi connectivity index (χ0v) is 20.9. The molecule has 1 unspecified atom stereocenters. The quantitative estimate of drug-likeness (QED) is 0.288. The maximum absolute atomic E-state index is 12.9. The highest BCUT2D eigenvalue weighted by atomic mass is 35.5. The van der Waals surface area contributed by atoms with Crippen LogP contribution in [0.4, 0.5) is 11.4 Å². The highest BCUT2D eigenvalue weighted by Gasteiger charge is 2.20. The Morgan fingerprint density at radius 2 is 1.63 bits per heavy atom. The fourth-order valence-electron chi connectivity index (χ4n) is 3.58. The molecule has 180 valence electrons. The average Bonchev–Trinajstić information content (AvgIpc) is 2.85. The summed E-state index contributed by atoms with van der Waals surface area (Å²) in [4.78, 5) is 12.9.